The number of fused-ring (bicyclic) bond motifs is 3. The molecule has 4 rings (SSSR count). The van der Waals surface area contributed by atoms with Gasteiger partial charge in [-0.15, -0.1) is 10.2 Å². The van der Waals surface area contributed by atoms with Gasteiger partial charge in [0.15, 0.2) is 5.16 Å². The molecule has 2 aromatic carbocycles. The summed E-state index contributed by atoms with van der Waals surface area (Å²) in [5.74, 6) is 0.962. The van der Waals surface area contributed by atoms with E-state index < -0.39 is 0 Å². The maximum atomic E-state index is 12.2. The SMILES string of the molecule is CCOc1ccc(NC(=O)CSc2nnc3sc4ccccc4n23)cc1. The van der Waals surface area contributed by atoms with Gasteiger partial charge in [0, 0.05) is 5.69 Å². The van der Waals surface area contributed by atoms with E-state index in [2.05, 4.69) is 21.6 Å². The number of amides is 1. The van der Waals surface area contributed by atoms with Crippen LogP contribution in [0.3, 0.4) is 0 Å². The summed E-state index contributed by atoms with van der Waals surface area (Å²) in [7, 11) is 0. The molecule has 26 heavy (non-hydrogen) atoms. The molecule has 0 bridgehead atoms. The van der Waals surface area contributed by atoms with Crippen molar-refractivity contribution in [3.63, 3.8) is 0 Å². The van der Waals surface area contributed by atoms with E-state index in [4.69, 9.17) is 4.74 Å². The minimum atomic E-state index is -0.0876. The number of nitrogens with zero attached hydrogens (tertiary/aromatic N) is 3. The van der Waals surface area contributed by atoms with Gasteiger partial charge in [0.05, 0.1) is 22.6 Å². The van der Waals surface area contributed by atoms with E-state index >= 15 is 0 Å². The Labute approximate surface area is 158 Å². The van der Waals surface area contributed by atoms with Crippen LogP contribution in [0.4, 0.5) is 5.69 Å². The largest absolute Gasteiger partial charge is 0.494 e. The zero-order valence-electron chi connectivity index (χ0n) is 14.0. The highest BCUT2D eigenvalue weighted by Crippen LogP contribution is 2.29. The number of thiazole rings is 1. The van der Waals surface area contributed by atoms with E-state index in [1.807, 2.05) is 53.8 Å². The summed E-state index contributed by atoms with van der Waals surface area (Å²) in [5.41, 5.74) is 1.80. The van der Waals surface area contributed by atoms with Gasteiger partial charge in [-0.1, -0.05) is 35.2 Å². The summed E-state index contributed by atoms with van der Waals surface area (Å²) >= 11 is 2.96. The van der Waals surface area contributed by atoms with Crippen LogP contribution in [-0.2, 0) is 4.79 Å². The lowest BCUT2D eigenvalue weighted by Gasteiger charge is -2.06. The Morgan fingerprint density at radius 3 is 2.81 bits per heavy atom. The molecule has 0 saturated heterocycles. The normalized spacial score (nSPS) is 11.1. The van der Waals surface area contributed by atoms with Crippen molar-refractivity contribution in [2.24, 2.45) is 0 Å². The fourth-order valence-electron chi connectivity index (χ4n) is 2.58. The van der Waals surface area contributed by atoms with Crippen LogP contribution < -0.4 is 10.1 Å². The number of para-hydroxylation sites is 1. The summed E-state index contributed by atoms with van der Waals surface area (Å²) in [6, 6.07) is 15.4. The molecule has 2 aromatic heterocycles. The molecule has 0 saturated carbocycles. The number of carbonyl (C=O) groups is 1. The van der Waals surface area contributed by atoms with Gasteiger partial charge in [-0.3, -0.25) is 9.20 Å². The molecule has 0 radical (unpaired) electrons. The lowest BCUT2D eigenvalue weighted by Crippen LogP contribution is -2.14. The van der Waals surface area contributed by atoms with E-state index in [1.165, 1.54) is 11.8 Å². The summed E-state index contributed by atoms with van der Waals surface area (Å²) < 4.78 is 8.54. The Hall–Kier alpha value is -2.58. The minimum absolute atomic E-state index is 0.0876. The molecule has 0 unspecified atom stereocenters. The van der Waals surface area contributed by atoms with E-state index in [-0.39, 0.29) is 11.7 Å². The van der Waals surface area contributed by atoms with Gasteiger partial charge in [0.25, 0.3) is 0 Å². The molecule has 0 aliphatic rings. The van der Waals surface area contributed by atoms with Crippen molar-refractivity contribution in [1.29, 1.82) is 0 Å². The quantitative estimate of drug-likeness (QED) is 0.508. The molecular formula is C18H16N4O2S2. The first-order valence-corrected chi connectivity index (χ1v) is 9.93. The lowest BCUT2D eigenvalue weighted by atomic mass is 10.3. The molecule has 0 spiro atoms. The van der Waals surface area contributed by atoms with Crippen LogP contribution in [0.5, 0.6) is 5.75 Å². The molecule has 0 aliphatic carbocycles. The first-order chi connectivity index (χ1) is 12.7. The second kappa shape index (κ2) is 7.35. The van der Waals surface area contributed by atoms with Crippen molar-refractivity contribution in [3.05, 3.63) is 48.5 Å². The van der Waals surface area contributed by atoms with Crippen molar-refractivity contribution in [1.82, 2.24) is 14.6 Å². The Morgan fingerprint density at radius 1 is 1.19 bits per heavy atom. The standard InChI is InChI=1S/C18H16N4O2S2/c1-2-24-13-9-7-12(8-10-13)19-16(23)11-25-17-20-21-18-22(17)14-5-3-4-6-15(14)26-18/h3-10H,2,11H2,1H3,(H,19,23). The van der Waals surface area contributed by atoms with Crippen molar-refractivity contribution in [3.8, 4) is 5.75 Å². The number of aromatic nitrogens is 3. The molecule has 0 aliphatic heterocycles. The van der Waals surface area contributed by atoms with Crippen LogP contribution >= 0.6 is 23.1 Å². The summed E-state index contributed by atoms with van der Waals surface area (Å²) in [6.45, 7) is 2.55. The molecular weight excluding hydrogens is 368 g/mol. The fourth-order valence-corrected chi connectivity index (χ4v) is 4.34. The number of hydrogen-bond acceptors (Lipinski definition) is 6. The number of nitrogens with one attached hydrogen (secondary N) is 1. The average molecular weight is 384 g/mol. The van der Waals surface area contributed by atoms with Crippen molar-refractivity contribution in [2.45, 2.75) is 12.1 Å². The summed E-state index contributed by atoms with van der Waals surface area (Å²) in [4.78, 5) is 13.1. The fraction of sp³-hybridized carbons (Fsp3) is 0.167. The smallest absolute Gasteiger partial charge is 0.234 e. The number of rotatable bonds is 6. The van der Waals surface area contributed by atoms with Crippen LogP contribution in [0.2, 0.25) is 0 Å². The molecule has 132 valence electrons. The maximum absolute atomic E-state index is 12.2. The van der Waals surface area contributed by atoms with Crippen LogP contribution in [-0.4, -0.2) is 32.9 Å². The number of carbonyl (C=O) groups excluding carboxylic acids is 1. The molecule has 2 heterocycles. The van der Waals surface area contributed by atoms with E-state index in [0.29, 0.717) is 6.61 Å². The topological polar surface area (TPSA) is 68.5 Å². The maximum Gasteiger partial charge on any atom is 0.234 e. The predicted octanol–water partition coefficient (Wildman–Crippen LogP) is 4.07. The van der Waals surface area contributed by atoms with E-state index in [0.717, 1.165) is 31.8 Å². The number of anilines is 1. The van der Waals surface area contributed by atoms with Crippen LogP contribution in [0.1, 0.15) is 6.92 Å². The Bertz CT molecular complexity index is 1060. The van der Waals surface area contributed by atoms with Crippen LogP contribution in [0.25, 0.3) is 15.2 Å². The zero-order valence-corrected chi connectivity index (χ0v) is 15.6. The van der Waals surface area contributed by atoms with Gasteiger partial charge in [0.1, 0.15) is 5.75 Å². The third-order valence-electron chi connectivity index (χ3n) is 3.69. The van der Waals surface area contributed by atoms with Crippen molar-refractivity contribution in [2.75, 3.05) is 17.7 Å². The van der Waals surface area contributed by atoms with E-state index in [9.17, 15) is 4.79 Å². The summed E-state index contributed by atoms with van der Waals surface area (Å²) in [6.07, 6.45) is 0. The number of ether oxygens (including phenoxy) is 1. The third kappa shape index (κ3) is 3.38. The van der Waals surface area contributed by atoms with Gasteiger partial charge in [-0.25, -0.2) is 0 Å². The highest BCUT2D eigenvalue weighted by Gasteiger charge is 2.14. The molecule has 6 nitrogen and oxygen atoms in total. The van der Waals surface area contributed by atoms with Gasteiger partial charge in [-0.2, -0.15) is 0 Å². The molecule has 1 amide bonds. The Morgan fingerprint density at radius 2 is 2.00 bits per heavy atom. The molecule has 1 N–H and O–H groups in total. The highest BCUT2D eigenvalue weighted by molar-refractivity contribution is 7.99. The third-order valence-corrected chi connectivity index (χ3v) is 5.63. The lowest BCUT2D eigenvalue weighted by molar-refractivity contribution is -0.113. The highest BCUT2D eigenvalue weighted by atomic mass is 32.2. The number of hydrogen-bond donors (Lipinski definition) is 1. The predicted molar refractivity (Wildman–Crippen MR) is 105 cm³/mol. The molecule has 4 aromatic rings. The average Bonchev–Trinajstić information content (AvgIpc) is 3.21. The Kier molecular flexibility index (Phi) is 4.77. The van der Waals surface area contributed by atoms with Gasteiger partial charge < -0.3 is 10.1 Å². The van der Waals surface area contributed by atoms with Crippen LogP contribution in [0, 0.1) is 0 Å². The van der Waals surface area contributed by atoms with E-state index in [1.54, 1.807) is 11.3 Å². The summed E-state index contributed by atoms with van der Waals surface area (Å²) in [5, 5.41) is 12.0. The van der Waals surface area contributed by atoms with Gasteiger partial charge >= 0.3 is 0 Å². The molecule has 8 heteroatoms. The number of benzene rings is 2. The minimum Gasteiger partial charge on any atom is -0.494 e. The van der Waals surface area contributed by atoms with Gasteiger partial charge in [0.2, 0.25) is 10.9 Å². The first kappa shape index (κ1) is 16.9. The monoisotopic (exact) mass is 384 g/mol. The molecule has 0 fully saturated rings. The van der Waals surface area contributed by atoms with Gasteiger partial charge in [-0.05, 0) is 43.3 Å². The second-order valence-electron chi connectivity index (χ2n) is 5.46. The first-order valence-electron chi connectivity index (χ1n) is 8.13. The molecule has 0 atom stereocenters. The zero-order chi connectivity index (χ0) is 17.9. The van der Waals surface area contributed by atoms with Crippen LogP contribution in [0.15, 0.2) is 53.7 Å². The van der Waals surface area contributed by atoms with Crippen molar-refractivity contribution < 1.29 is 9.53 Å². The number of thioether (sulfide) groups is 1. The second-order valence-corrected chi connectivity index (χ2v) is 7.42. The van der Waals surface area contributed by atoms with Crippen molar-refractivity contribution >= 4 is 49.9 Å². The Balaban J connectivity index is 1.43.